The largest absolute Gasteiger partial charge is 0.496 e. The third kappa shape index (κ3) is 3.70. The van der Waals surface area contributed by atoms with Crippen molar-refractivity contribution in [3.63, 3.8) is 0 Å². The number of benzene rings is 2. The first-order valence-corrected chi connectivity index (χ1v) is 10.3. The van der Waals surface area contributed by atoms with Gasteiger partial charge in [0.2, 0.25) is 5.95 Å². The highest BCUT2D eigenvalue weighted by atomic mass is 19.2. The van der Waals surface area contributed by atoms with Crippen molar-refractivity contribution in [1.82, 2.24) is 19.7 Å². The lowest BCUT2D eigenvalue weighted by Gasteiger charge is -2.27. The summed E-state index contributed by atoms with van der Waals surface area (Å²) in [4.78, 5) is 10.7. The number of methoxy groups -OCH3 is 1. The number of aromatic nitrogens is 4. The fraction of sp³-hybridized carbons (Fsp3) is 0.261. The molecule has 0 atom stereocenters. The number of halogens is 2. The van der Waals surface area contributed by atoms with Crippen LogP contribution in [0.4, 0.5) is 20.4 Å². The van der Waals surface area contributed by atoms with Gasteiger partial charge in [0.1, 0.15) is 5.75 Å². The van der Waals surface area contributed by atoms with Gasteiger partial charge in [-0.2, -0.15) is 10.1 Å². The molecule has 7 nitrogen and oxygen atoms in total. The van der Waals surface area contributed by atoms with Gasteiger partial charge in [0, 0.05) is 38.2 Å². The van der Waals surface area contributed by atoms with Crippen molar-refractivity contribution >= 4 is 11.6 Å². The minimum atomic E-state index is -0.881. The van der Waals surface area contributed by atoms with Crippen molar-refractivity contribution < 1.29 is 17.9 Å². The van der Waals surface area contributed by atoms with E-state index < -0.39 is 11.6 Å². The topological polar surface area (TPSA) is 69.2 Å². The number of rotatable bonds is 5. The second-order valence-corrected chi connectivity index (χ2v) is 7.61. The normalized spacial score (nSPS) is 13.3. The summed E-state index contributed by atoms with van der Waals surface area (Å²) in [7, 11) is 1.61. The van der Waals surface area contributed by atoms with Gasteiger partial charge in [0.05, 0.1) is 18.9 Å². The highest BCUT2D eigenvalue weighted by Crippen LogP contribution is 2.33. The molecule has 1 aliphatic rings. The lowest BCUT2D eigenvalue weighted by Crippen LogP contribution is -2.28. The van der Waals surface area contributed by atoms with Gasteiger partial charge in [-0.1, -0.05) is 6.07 Å². The summed E-state index contributed by atoms with van der Waals surface area (Å²) in [5, 5.41) is 4.63. The van der Waals surface area contributed by atoms with E-state index in [9.17, 15) is 8.78 Å². The molecule has 0 radical (unpaired) electrons. The Morgan fingerprint density at radius 2 is 1.97 bits per heavy atom. The van der Waals surface area contributed by atoms with E-state index in [4.69, 9.17) is 9.15 Å². The van der Waals surface area contributed by atoms with E-state index in [1.54, 1.807) is 26.3 Å². The predicted octanol–water partition coefficient (Wildman–Crippen LogP) is 4.66. The Labute approximate surface area is 183 Å². The molecule has 0 aliphatic carbocycles. The van der Waals surface area contributed by atoms with Crippen molar-refractivity contribution in [1.29, 1.82) is 0 Å². The molecule has 164 valence electrons. The molecule has 2 aromatic heterocycles. The maximum absolute atomic E-state index is 13.8. The molecule has 0 bridgehead atoms. The molecule has 5 rings (SSSR count). The number of aryl methyl sites for hydroxylation is 2. The summed E-state index contributed by atoms with van der Waals surface area (Å²) in [6.45, 7) is 3.16. The molecule has 32 heavy (non-hydrogen) atoms. The summed E-state index contributed by atoms with van der Waals surface area (Å²) < 4.78 is 40.1. The average molecular weight is 437 g/mol. The fourth-order valence-corrected chi connectivity index (χ4v) is 3.90. The second kappa shape index (κ2) is 8.07. The Balaban J connectivity index is 1.42. The highest BCUT2D eigenvalue weighted by molar-refractivity contribution is 5.66. The third-order valence-corrected chi connectivity index (χ3v) is 5.42. The van der Waals surface area contributed by atoms with E-state index in [2.05, 4.69) is 15.1 Å². The van der Waals surface area contributed by atoms with Gasteiger partial charge < -0.3 is 14.1 Å². The van der Waals surface area contributed by atoms with Gasteiger partial charge in [-0.05, 0) is 36.2 Å². The zero-order valence-electron chi connectivity index (χ0n) is 17.7. The lowest BCUT2D eigenvalue weighted by molar-refractivity contribution is 0.413. The second-order valence-electron chi connectivity index (χ2n) is 7.61. The molecule has 3 heterocycles. The summed E-state index contributed by atoms with van der Waals surface area (Å²) >= 11 is 0. The van der Waals surface area contributed by atoms with Crippen molar-refractivity contribution in [3.8, 4) is 17.1 Å². The first-order chi connectivity index (χ1) is 15.5. The van der Waals surface area contributed by atoms with Crippen LogP contribution in [0.25, 0.3) is 11.3 Å². The lowest BCUT2D eigenvalue weighted by atomic mass is 10.1. The summed E-state index contributed by atoms with van der Waals surface area (Å²) in [6, 6.07) is 9.71. The van der Waals surface area contributed by atoms with Crippen molar-refractivity contribution in [3.05, 3.63) is 71.5 Å². The SMILES string of the molecule is COc1cc(Cc2nc3n(n2)CCCN3c2ccc(F)c(F)c2)ccc1-c1cnc(C)o1. The van der Waals surface area contributed by atoms with Crippen LogP contribution in [-0.4, -0.2) is 33.4 Å². The number of oxazole rings is 1. The first-order valence-electron chi connectivity index (χ1n) is 10.3. The average Bonchev–Trinajstić information content (AvgIpc) is 3.41. The number of ether oxygens (including phenoxy) is 1. The molecule has 1 aliphatic heterocycles. The monoisotopic (exact) mass is 437 g/mol. The molecular formula is C23H21F2N5O2. The van der Waals surface area contributed by atoms with E-state index >= 15 is 0 Å². The highest BCUT2D eigenvalue weighted by Gasteiger charge is 2.23. The maximum Gasteiger partial charge on any atom is 0.228 e. The predicted molar refractivity (Wildman–Crippen MR) is 114 cm³/mol. The van der Waals surface area contributed by atoms with E-state index in [0.717, 1.165) is 30.2 Å². The molecular weight excluding hydrogens is 416 g/mol. The molecule has 0 unspecified atom stereocenters. The summed E-state index contributed by atoms with van der Waals surface area (Å²) in [6.07, 6.45) is 3.00. The summed E-state index contributed by atoms with van der Waals surface area (Å²) in [5.41, 5.74) is 2.35. The van der Waals surface area contributed by atoms with Crippen LogP contribution in [0.3, 0.4) is 0 Å². The van der Waals surface area contributed by atoms with Crippen LogP contribution in [-0.2, 0) is 13.0 Å². The minimum Gasteiger partial charge on any atom is -0.496 e. The molecule has 0 N–H and O–H groups in total. The Kier molecular flexibility index (Phi) is 5.08. The molecule has 2 aromatic carbocycles. The molecule has 9 heteroatoms. The van der Waals surface area contributed by atoms with Crippen LogP contribution in [0.15, 0.2) is 47.0 Å². The zero-order chi connectivity index (χ0) is 22.2. The first kappa shape index (κ1) is 20.2. The number of fused-ring (bicyclic) bond motifs is 1. The number of hydrogen-bond acceptors (Lipinski definition) is 6. The van der Waals surface area contributed by atoms with Gasteiger partial charge in [0.25, 0.3) is 0 Å². The van der Waals surface area contributed by atoms with Gasteiger partial charge >= 0.3 is 0 Å². The maximum atomic E-state index is 13.8. The number of anilines is 2. The molecule has 0 amide bonds. The van der Waals surface area contributed by atoms with Crippen molar-refractivity contribution in [2.24, 2.45) is 0 Å². The van der Waals surface area contributed by atoms with Crippen molar-refractivity contribution in [2.75, 3.05) is 18.6 Å². The van der Waals surface area contributed by atoms with E-state index in [1.165, 1.54) is 6.07 Å². The van der Waals surface area contributed by atoms with Crippen LogP contribution >= 0.6 is 0 Å². The molecule has 0 spiro atoms. The molecule has 0 saturated carbocycles. The van der Waals surface area contributed by atoms with E-state index in [1.807, 2.05) is 27.8 Å². The Bertz CT molecular complexity index is 1280. The van der Waals surface area contributed by atoms with Crippen LogP contribution in [0.1, 0.15) is 23.7 Å². The number of nitrogens with zero attached hydrogens (tertiary/aromatic N) is 5. The quantitative estimate of drug-likeness (QED) is 0.452. The Hall–Kier alpha value is -3.75. The third-order valence-electron chi connectivity index (χ3n) is 5.42. The fourth-order valence-electron chi connectivity index (χ4n) is 3.90. The summed E-state index contributed by atoms with van der Waals surface area (Å²) in [5.74, 6) is 1.41. The standard InChI is InChI=1S/C23H21F2N5O2/c1-14-26-13-21(32-14)17-6-4-15(10-20(17)31-2)11-22-27-23-29(8-3-9-30(23)28-22)16-5-7-18(24)19(25)12-16/h4-7,10,12-13H,3,8-9,11H2,1-2H3. The zero-order valence-corrected chi connectivity index (χ0v) is 17.7. The van der Waals surface area contributed by atoms with Gasteiger partial charge in [0.15, 0.2) is 29.1 Å². The smallest absolute Gasteiger partial charge is 0.228 e. The van der Waals surface area contributed by atoms with Gasteiger partial charge in [-0.3, -0.25) is 0 Å². The minimum absolute atomic E-state index is 0.498. The van der Waals surface area contributed by atoms with E-state index in [0.29, 0.717) is 47.8 Å². The van der Waals surface area contributed by atoms with Crippen LogP contribution in [0, 0.1) is 18.6 Å². The van der Waals surface area contributed by atoms with Crippen LogP contribution in [0.5, 0.6) is 5.75 Å². The van der Waals surface area contributed by atoms with Gasteiger partial charge in [-0.15, -0.1) is 0 Å². The molecule has 4 aromatic rings. The molecule has 0 fully saturated rings. The molecule has 0 saturated heterocycles. The van der Waals surface area contributed by atoms with Crippen LogP contribution in [0.2, 0.25) is 0 Å². The van der Waals surface area contributed by atoms with Crippen molar-refractivity contribution in [2.45, 2.75) is 26.3 Å². The van der Waals surface area contributed by atoms with Gasteiger partial charge in [-0.25, -0.2) is 18.4 Å². The number of hydrogen-bond donors (Lipinski definition) is 0. The van der Waals surface area contributed by atoms with E-state index in [-0.39, 0.29) is 0 Å². The van der Waals surface area contributed by atoms with Crippen LogP contribution < -0.4 is 9.64 Å². The Morgan fingerprint density at radius 1 is 1.09 bits per heavy atom. The Morgan fingerprint density at radius 3 is 2.72 bits per heavy atom.